The number of nitrogens with one attached hydrogen (secondary N) is 1. The Labute approximate surface area is 169 Å². The fraction of sp³-hybridized carbons (Fsp3) is 0.235. The Morgan fingerprint density at radius 2 is 1.75 bits per heavy atom. The second kappa shape index (κ2) is 7.90. The SMILES string of the molecule is C[C@](O)(CS(=O)(=O)c1ccc(Cl)c(Cl)c1)C(=O)Nc1cccc(C(F)(F)F)c1. The number of halogens is 5. The quantitative estimate of drug-likeness (QED) is 0.708. The zero-order valence-electron chi connectivity index (χ0n) is 14.2. The summed E-state index contributed by atoms with van der Waals surface area (Å²) in [6.07, 6.45) is -4.62. The number of carbonyl (C=O) groups is 1. The third kappa shape index (κ3) is 5.38. The fourth-order valence-electron chi connectivity index (χ4n) is 2.23. The third-order valence-electron chi connectivity index (χ3n) is 3.66. The van der Waals surface area contributed by atoms with Gasteiger partial charge in [0.1, 0.15) is 0 Å². The maximum Gasteiger partial charge on any atom is 0.416 e. The number of benzene rings is 2. The van der Waals surface area contributed by atoms with E-state index < -0.39 is 38.8 Å². The number of hydrogen-bond donors (Lipinski definition) is 2. The molecule has 0 saturated heterocycles. The van der Waals surface area contributed by atoms with Crippen molar-refractivity contribution in [3.05, 3.63) is 58.1 Å². The summed E-state index contributed by atoms with van der Waals surface area (Å²) in [6.45, 7) is 0.936. The fourth-order valence-corrected chi connectivity index (χ4v) is 4.20. The molecule has 0 aliphatic heterocycles. The molecule has 1 amide bonds. The Morgan fingerprint density at radius 3 is 2.32 bits per heavy atom. The first-order chi connectivity index (χ1) is 12.7. The van der Waals surface area contributed by atoms with Gasteiger partial charge in [-0.05, 0) is 43.3 Å². The van der Waals surface area contributed by atoms with Gasteiger partial charge in [0.2, 0.25) is 0 Å². The second-order valence-corrected chi connectivity index (χ2v) is 8.95. The molecule has 1 atom stereocenters. The van der Waals surface area contributed by atoms with E-state index in [1.165, 1.54) is 12.1 Å². The summed E-state index contributed by atoms with van der Waals surface area (Å²) in [5.74, 6) is -2.21. The van der Waals surface area contributed by atoms with E-state index in [1.54, 1.807) is 0 Å². The molecule has 28 heavy (non-hydrogen) atoms. The molecule has 152 valence electrons. The molecule has 0 radical (unpaired) electrons. The van der Waals surface area contributed by atoms with Crippen LogP contribution >= 0.6 is 23.2 Å². The van der Waals surface area contributed by atoms with Gasteiger partial charge in [-0.2, -0.15) is 13.2 Å². The number of rotatable bonds is 5. The van der Waals surface area contributed by atoms with Gasteiger partial charge in [0.05, 0.1) is 26.3 Å². The molecular formula is C17H14Cl2F3NO4S. The average Bonchev–Trinajstić information content (AvgIpc) is 2.55. The maximum atomic E-state index is 12.7. The average molecular weight is 456 g/mol. The summed E-state index contributed by atoms with van der Waals surface area (Å²) in [6, 6.07) is 7.19. The zero-order valence-corrected chi connectivity index (χ0v) is 16.5. The van der Waals surface area contributed by atoms with Crippen molar-refractivity contribution in [1.29, 1.82) is 0 Å². The first-order valence-corrected chi connectivity index (χ1v) is 10.0. The molecule has 5 nitrogen and oxygen atoms in total. The van der Waals surface area contributed by atoms with Crippen LogP contribution in [0, 0.1) is 0 Å². The molecule has 0 aliphatic rings. The van der Waals surface area contributed by atoms with Gasteiger partial charge in [-0.1, -0.05) is 29.3 Å². The number of alkyl halides is 3. The minimum atomic E-state index is -4.62. The largest absolute Gasteiger partial charge is 0.416 e. The van der Waals surface area contributed by atoms with E-state index in [0.29, 0.717) is 6.07 Å². The van der Waals surface area contributed by atoms with Crippen LogP contribution in [0.15, 0.2) is 47.4 Å². The topological polar surface area (TPSA) is 83.5 Å². The molecule has 0 saturated carbocycles. The van der Waals surface area contributed by atoms with Crippen LogP contribution in [0.1, 0.15) is 12.5 Å². The first-order valence-electron chi connectivity index (χ1n) is 7.61. The second-order valence-electron chi connectivity index (χ2n) is 6.14. The molecule has 0 aromatic heterocycles. The lowest BCUT2D eigenvalue weighted by atomic mass is 10.1. The highest BCUT2D eigenvalue weighted by molar-refractivity contribution is 7.91. The predicted molar refractivity (Wildman–Crippen MR) is 99.2 cm³/mol. The molecule has 0 bridgehead atoms. The number of aliphatic hydroxyl groups is 1. The van der Waals surface area contributed by atoms with Gasteiger partial charge in [0.15, 0.2) is 15.4 Å². The third-order valence-corrected chi connectivity index (χ3v) is 6.31. The molecule has 0 aliphatic carbocycles. The van der Waals surface area contributed by atoms with Gasteiger partial charge in [-0.15, -0.1) is 0 Å². The highest BCUT2D eigenvalue weighted by Gasteiger charge is 2.37. The summed E-state index contributed by atoms with van der Waals surface area (Å²) in [7, 11) is -4.16. The van der Waals surface area contributed by atoms with Crippen LogP contribution in [0.25, 0.3) is 0 Å². The Balaban J connectivity index is 2.22. The molecule has 2 aromatic carbocycles. The van der Waals surface area contributed by atoms with Crippen molar-refractivity contribution in [2.24, 2.45) is 0 Å². The zero-order chi connectivity index (χ0) is 21.3. The van der Waals surface area contributed by atoms with Crippen molar-refractivity contribution in [3.8, 4) is 0 Å². The Morgan fingerprint density at radius 1 is 1.11 bits per heavy atom. The lowest BCUT2D eigenvalue weighted by molar-refractivity contribution is -0.137. The van der Waals surface area contributed by atoms with Crippen molar-refractivity contribution >= 4 is 44.6 Å². The molecule has 0 fully saturated rings. The maximum absolute atomic E-state index is 12.7. The normalized spacial score (nSPS) is 14.4. The Kier molecular flexibility index (Phi) is 6.34. The van der Waals surface area contributed by atoms with Gasteiger partial charge >= 0.3 is 6.18 Å². The summed E-state index contributed by atoms with van der Waals surface area (Å²) in [5, 5.41) is 12.5. The summed E-state index contributed by atoms with van der Waals surface area (Å²) >= 11 is 11.5. The molecule has 0 unspecified atom stereocenters. The smallest absolute Gasteiger partial charge is 0.379 e. The van der Waals surface area contributed by atoms with E-state index in [0.717, 1.165) is 31.2 Å². The van der Waals surface area contributed by atoms with Gasteiger partial charge in [0.25, 0.3) is 5.91 Å². The first kappa shape index (κ1) is 22.5. The van der Waals surface area contributed by atoms with Crippen molar-refractivity contribution in [2.75, 3.05) is 11.1 Å². The molecule has 2 rings (SSSR count). The lowest BCUT2D eigenvalue weighted by Gasteiger charge is -2.22. The van der Waals surface area contributed by atoms with Crippen LogP contribution in [0.5, 0.6) is 0 Å². The van der Waals surface area contributed by atoms with Crippen LogP contribution < -0.4 is 5.32 Å². The van der Waals surface area contributed by atoms with E-state index >= 15 is 0 Å². The van der Waals surface area contributed by atoms with Gasteiger partial charge in [-0.3, -0.25) is 4.79 Å². The van der Waals surface area contributed by atoms with Gasteiger partial charge in [-0.25, -0.2) is 8.42 Å². The monoisotopic (exact) mass is 455 g/mol. The Hall–Kier alpha value is -1.81. The predicted octanol–water partition coefficient (Wildman–Crippen LogP) is 4.18. The van der Waals surface area contributed by atoms with Crippen LogP contribution in [-0.4, -0.2) is 30.8 Å². The Bertz CT molecular complexity index is 1010. The van der Waals surface area contributed by atoms with Crippen molar-refractivity contribution in [3.63, 3.8) is 0 Å². The molecule has 2 N–H and O–H groups in total. The van der Waals surface area contributed by atoms with Crippen LogP contribution in [-0.2, 0) is 20.8 Å². The van der Waals surface area contributed by atoms with Gasteiger partial charge in [0, 0.05) is 5.69 Å². The molecule has 0 spiro atoms. The molecule has 0 heterocycles. The van der Waals surface area contributed by atoms with E-state index in [-0.39, 0.29) is 20.6 Å². The molecule has 11 heteroatoms. The van der Waals surface area contributed by atoms with E-state index in [4.69, 9.17) is 23.2 Å². The number of anilines is 1. The van der Waals surface area contributed by atoms with Crippen LogP contribution in [0.3, 0.4) is 0 Å². The minimum Gasteiger partial charge on any atom is -0.379 e. The standard InChI is InChI=1S/C17H14Cl2F3NO4S/c1-16(25,9-28(26,27)12-5-6-13(18)14(19)8-12)15(24)23-11-4-2-3-10(7-11)17(20,21)22/h2-8,25H,9H2,1H3,(H,23,24)/t16-/m0/s1. The van der Waals surface area contributed by atoms with E-state index in [2.05, 4.69) is 5.32 Å². The minimum absolute atomic E-state index is 0.0317. The van der Waals surface area contributed by atoms with Crippen molar-refractivity contribution < 1.29 is 31.5 Å². The summed E-state index contributed by atoms with van der Waals surface area (Å²) in [4.78, 5) is 12.0. The van der Waals surface area contributed by atoms with Crippen LogP contribution in [0.4, 0.5) is 18.9 Å². The van der Waals surface area contributed by atoms with Crippen LogP contribution in [0.2, 0.25) is 10.0 Å². The highest BCUT2D eigenvalue weighted by atomic mass is 35.5. The number of carbonyl (C=O) groups excluding carboxylic acids is 1. The number of hydrogen-bond acceptors (Lipinski definition) is 4. The summed E-state index contributed by atoms with van der Waals surface area (Å²) < 4.78 is 63.2. The van der Waals surface area contributed by atoms with Gasteiger partial charge < -0.3 is 10.4 Å². The summed E-state index contributed by atoms with van der Waals surface area (Å²) in [5.41, 5.74) is -3.68. The number of sulfone groups is 1. The molecular weight excluding hydrogens is 442 g/mol. The van der Waals surface area contributed by atoms with E-state index in [1.807, 2.05) is 0 Å². The van der Waals surface area contributed by atoms with Crippen molar-refractivity contribution in [2.45, 2.75) is 23.6 Å². The highest BCUT2D eigenvalue weighted by Crippen LogP contribution is 2.31. The van der Waals surface area contributed by atoms with Crippen molar-refractivity contribution in [1.82, 2.24) is 0 Å². The number of amides is 1. The lowest BCUT2D eigenvalue weighted by Crippen LogP contribution is -2.45. The van der Waals surface area contributed by atoms with E-state index in [9.17, 15) is 31.5 Å². The molecule has 2 aromatic rings.